The van der Waals surface area contributed by atoms with E-state index in [9.17, 15) is 4.21 Å². The molecule has 0 aliphatic carbocycles. The number of hydrogen-bond donors (Lipinski definition) is 0. The number of benzene rings is 4. The van der Waals surface area contributed by atoms with Crippen molar-refractivity contribution in [2.24, 2.45) is 0 Å². The fourth-order valence-corrected chi connectivity index (χ4v) is 4.84. The Morgan fingerprint density at radius 1 is 0.591 bits per heavy atom. The minimum atomic E-state index is -0.718. The molecule has 1 aliphatic heterocycles. The molecule has 1 heterocycles. The molecule has 1 aliphatic rings. The topological polar surface area (TPSA) is 17.1 Å². The van der Waals surface area contributed by atoms with Crippen LogP contribution in [0.1, 0.15) is 11.1 Å². The second kappa shape index (κ2) is 4.40. The second-order valence-corrected chi connectivity index (χ2v) is 7.55. The number of rotatable bonds is 0. The van der Waals surface area contributed by atoms with Crippen LogP contribution < -0.4 is 0 Å². The van der Waals surface area contributed by atoms with Crippen LogP contribution in [0.25, 0.3) is 32.3 Å². The quantitative estimate of drug-likeness (QED) is 0.422. The Labute approximate surface area is 131 Å². The van der Waals surface area contributed by atoms with E-state index in [1.807, 2.05) is 0 Å². The molecule has 0 fully saturated rings. The van der Waals surface area contributed by atoms with Gasteiger partial charge in [-0.25, -0.2) is 0 Å². The van der Waals surface area contributed by atoms with E-state index in [0.29, 0.717) is 11.5 Å². The van der Waals surface area contributed by atoms with Gasteiger partial charge in [0, 0.05) is 22.3 Å². The SMILES string of the molecule is O=S1Cc2cc3cc4cc5ccccc5cc4cc3cc2C1. The highest BCUT2D eigenvalue weighted by atomic mass is 32.2. The highest BCUT2D eigenvalue weighted by Crippen LogP contribution is 2.32. The van der Waals surface area contributed by atoms with Crippen molar-refractivity contribution >= 4 is 43.1 Å². The van der Waals surface area contributed by atoms with Crippen LogP contribution in [0.15, 0.2) is 60.7 Å². The summed E-state index contributed by atoms with van der Waals surface area (Å²) in [5.41, 5.74) is 2.51. The predicted molar refractivity (Wildman–Crippen MR) is 94.5 cm³/mol. The van der Waals surface area contributed by atoms with Crippen molar-refractivity contribution < 1.29 is 4.21 Å². The van der Waals surface area contributed by atoms with Crippen molar-refractivity contribution in [3.05, 3.63) is 71.8 Å². The van der Waals surface area contributed by atoms with E-state index >= 15 is 0 Å². The largest absolute Gasteiger partial charge is 0.259 e. The molecule has 0 bridgehead atoms. The van der Waals surface area contributed by atoms with Gasteiger partial charge in [-0.3, -0.25) is 4.21 Å². The molecule has 4 aromatic rings. The van der Waals surface area contributed by atoms with E-state index in [4.69, 9.17) is 0 Å². The van der Waals surface area contributed by atoms with Crippen LogP contribution >= 0.6 is 0 Å². The molecular weight excluding hydrogens is 288 g/mol. The zero-order valence-corrected chi connectivity index (χ0v) is 12.8. The summed E-state index contributed by atoms with van der Waals surface area (Å²) >= 11 is 0. The van der Waals surface area contributed by atoms with Crippen molar-refractivity contribution in [3.8, 4) is 0 Å². The number of hydrogen-bond acceptors (Lipinski definition) is 1. The Morgan fingerprint density at radius 2 is 1.00 bits per heavy atom. The lowest BCUT2D eigenvalue weighted by Gasteiger charge is -2.07. The van der Waals surface area contributed by atoms with E-state index in [1.165, 1.54) is 43.4 Å². The maximum absolute atomic E-state index is 11.8. The lowest BCUT2D eigenvalue weighted by atomic mass is 9.97. The van der Waals surface area contributed by atoms with Crippen molar-refractivity contribution in [2.75, 3.05) is 0 Å². The lowest BCUT2D eigenvalue weighted by Crippen LogP contribution is -1.84. The summed E-state index contributed by atoms with van der Waals surface area (Å²) < 4.78 is 11.8. The fourth-order valence-electron chi connectivity index (χ4n) is 3.50. The summed E-state index contributed by atoms with van der Waals surface area (Å²) in [5.74, 6) is 1.42. The molecule has 0 atom stereocenters. The lowest BCUT2D eigenvalue weighted by molar-refractivity contribution is 0.684. The third kappa shape index (κ3) is 1.80. The molecule has 0 spiro atoms. The predicted octanol–water partition coefficient (Wildman–Crippen LogP) is 4.91. The van der Waals surface area contributed by atoms with Gasteiger partial charge in [0.1, 0.15) is 0 Å². The zero-order valence-electron chi connectivity index (χ0n) is 12.0. The molecule has 0 amide bonds. The van der Waals surface area contributed by atoms with E-state index in [2.05, 4.69) is 60.7 Å². The summed E-state index contributed by atoms with van der Waals surface area (Å²) in [7, 11) is -0.718. The van der Waals surface area contributed by atoms with E-state index < -0.39 is 10.8 Å². The number of fused-ring (bicyclic) bond motifs is 4. The molecule has 0 saturated heterocycles. The van der Waals surface area contributed by atoms with Gasteiger partial charge in [-0.1, -0.05) is 24.3 Å². The van der Waals surface area contributed by atoms with Gasteiger partial charge in [-0.05, 0) is 79.8 Å². The minimum Gasteiger partial charge on any atom is -0.259 e. The first-order valence-electron chi connectivity index (χ1n) is 7.49. The van der Waals surface area contributed by atoms with Gasteiger partial charge in [-0.2, -0.15) is 0 Å². The van der Waals surface area contributed by atoms with Crippen LogP contribution in [0.2, 0.25) is 0 Å². The van der Waals surface area contributed by atoms with E-state index in [-0.39, 0.29) is 0 Å². The molecule has 22 heavy (non-hydrogen) atoms. The van der Waals surface area contributed by atoms with Crippen molar-refractivity contribution in [2.45, 2.75) is 11.5 Å². The average Bonchev–Trinajstić information content (AvgIpc) is 2.87. The summed E-state index contributed by atoms with van der Waals surface area (Å²) in [6, 6.07) is 22.0. The standard InChI is InChI=1S/C20H14OS/c21-22-11-19-9-17-7-15-5-13-3-1-2-4-14(13)6-16(15)8-18(17)10-20(19)12-22/h1-10H,11-12H2. The smallest absolute Gasteiger partial charge is 0.0492 e. The second-order valence-electron chi connectivity index (χ2n) is 6.10. The highest BCUT2D eigenvalue weighted by molar-refractivity contribution is 7.83. The van der Waals surface area contributed by atoms with Gasteiger partial charge < -0.3 is 0 Å². The van der Waals surface area contributed by atoms with Crippen molar-refractivity contribution in [3.63, 3.8) is 0 Å². The molecule has 2 heteroatoms. The normalized spacial score (nSPS) is 14.9. The van der Waals surface area contributed by atoms with E-state index in [1.54, 1.807) is 0 Å². The van der Waals surface area contributed by atoms with Crippen molar-refractivity contribution in [1.29, 1.82) is 0 Å². The van der Waals surface area contributed by atoms with Gasteiger partial charge in [0.05, 0.1) is 0 Å². The molecule has 106 valence electrons. The third-order valence-electron chi connectivity index (χ3n) is 4.61. The first-order valence-corrected chi connectivity index (χ1v) is 8.98. The molecule has 0 radical (unpaired) electrons. The minimum absolute atomic E-state index is 0.709. The van der Waals surface area contributed by atoms with Crippen LogP contribution in [0.5, 0.6) is 0 Å². The molecule has 0 unspecified atom stereocenters. The molecular formula is C20H14OS. The molecule has 1 nitrogen and oxygen atoms in total. The van der Waals surface area contributed by atoms with Crippen LogP contribution in [0, 0.1) is 0 Å². The zero-order chi connectivity index (χ0) is 14.7. The monoisotopic (exact) mass is 302 g/mol. The summed E-state index contributed by atoms with van der Waals surface area (Å²) in [4.78, 5) is 0. The Bertz CT molecular complexity index is 1010. The Balaban J connectivity index is 1.86. The molecule has 4 aromatic carbocycles. The Kier molecular flexibility index (Phi) is 2.47. The maximum Gasteiger partial charge on any atom is 0.0492 e. The van der Waals surface area contributed by atoms with Crippen molar-refractivity contribution in [1.82, 2.24) is 0 Å². The van der Waals surface area contributed by atoms with Gasteiger partial charge >= 0.3 is 0 Å². The summed E-state index contributed by atoms with van der Waals surface area (Å²) in [6.45, 7) is 0. The molecule has 0 aromatic heterocycles. The van der Waals surface area contributed by atoms with E-state index in [0.717, 1.165) is 0 Å². The van der Waals surface area contributed by atoms with Crippen LogP contribution in [-0.2, 0) is 22.3 Å². The van der Waals surface area contributed by atoms with Gasteiger partial charge in [-0.15, -0.1) is 0 Å². The molecule has 5 rings (SSSR count). The summed E-state index contributed by atoms with van der Waals surface area (Å²) in [6.07, 6.45) is 0. The maximum atomic E-state index is 11.8. The molecule has 0 N–H and O–H groups in total. The van der Waals surface area contributed by atoms with Crippen LogP contribution in [-0.4, -0.2) is 4.21 Å². The Morgan fingerprint density at radius 3 is 1.50 bits per heavy atom. The fraction of sp³-hybridized carbons (Fsp3) is 0.100. The third-order valence-corrected chi connectivity index (χ3v) is 5.88. The van der Waals surface area contributed by atoms with Gasteiger partial charge in [0.25, 0.3) is 0 Å². The molecule has 0 saturated carbocycles. The first-order chi connectivity index (χ1) is 10.8. The van der Waals surface area contributed by atoms with Crippen LogP contribution in [0.3, 0.4) is 0 Å². The first kappa shape index (κ1) is 12.4. The van der Waals surface area contributed by atoms with Gasteiger partial charge in [0.2, 0.25) is 0 Å². The summed E-state index contributed by atoms with van der Waals surface area (Å²) in [5, 5.41) is 7.59. The van der Waals surface area contributed by atoms with Gasteiger partial charge in [0.15, 0.2) is 0 Å². The van der Waals surface area contributed by atoms with Crippen LogP contribution in [0.4, 0.5) is 0 Å². The Hall–Kier alpha value is -2.19. The highest BCUT2D eigenvalue weighted by Gasteiger charge is 2.17. The average molecular weight is 302 g/mol.